The molecule has 0 saturated heterocycles. The molecule has 1 aromatic heterocycles. The number of aliphatic hydroxyl groups is 1. The lowest BCUT2D eigenvalue weighted by atomic mass is 9.70. The summed E-state index contributed by atoms with van der Waals surface area (Å²) < 4.78 is 1.92. The van der Waals surface area contributed by atoms with Gasteiger partial charge in [-0.15, -0.1) is 0 Å². The normalized spacial score (nSPS) is 20.5. The van der Waals surface area contributed by atoms with E-state index >= 15 is 0 Å². The van der Waals surface area contributed by atoms with Crippen LogP contribution in [0.4, 0.5) is 0 Å². The van der Waals surface area contributed by atoms with E-state index in [1.165, 1.54) is 19.3 Å². The Kier molecular flexibility index (Phi) is 4.57. The standard InChI is InChI=1S/C15H25ClN2O/c1-4-18-12(14(16)11(2)17-18)10-13(19)15(3)8-6-5-7-9-15/h13,19H,4-10H2,1-3H3. The van der Waals surface area contributed by atoms with Crippen LogP contribution in [0.1, 0.15) is 57.3 Å². The summed E-state index contributed by atoms with van der Waals surface area (Å²) >= 11 is 6.33. The Morgan fingerprint density at radius 2 is 2.00 bits per heavy atom. The Morgan fingerprint density at radius 3 is 2.58 bits per heavy atom. The summed E-state index contributed by atoms with van der Waals surface area (Å²) in [6, 6.07) is 0. The predicted molar refractivity (Wildman–Crippen MR) is 78.6 cm³/mol. The Bertz CT molecular complexity index is 436. The molecule has 0 spiro atoms. The first-order valence-corrected chi connectivity index (χ1v) is 7.75. The van der Waals surface area contributed by atoms with Crippen molar-refractivity contribution >= 4 is 11.6 Å². The van der Waals surface area contributed by atoms with Crippen LogP contribution in [0.5, 0.6) is 0 Å². The van der Waals surface area contributed by atoms with Gasteiger partial charge in [-0.3, -0.25) is 4.68 Å². The summed E-state index contributed by atoms with van der Waals surface area (Å²) in [5.74, 6) is 0. The molecule has 1 N–H and O–H groups in total. The van der Waals surface area contributed by atoms with Crippen LogP contribution < -0.4 is 0 Å². The molecule has 0 aromatic carbocycles. The first-order valence-electron chi connectivity index (χ1n) is 7.38. The molecule has 1 heterocycles. The van der Waals surface area contributed by atoms with E-state index in [1.807, 2.05) is 11.6 Å². The molecule has 2 rings (SSSR count). The van der Waals surface area contributed by atoms with Gasteiger partial charge in [0.05, 0.1) is 22.5 Å². The van der Waals surface area contributed by atoms with Crippen LogP contribution >= 0.6 is 11.6 Å². The smallest absolute Gasteiger partial charge is 0.0848 e. The summed E-state index contributed by atoms with van der Waals surface area (Å²) in [5.41, 5.74) is 1.89. The molecule has 1 unspecified atom stereocenters. The SMILES string of the molecule is CCn1nc(C)c(Cl)c1CC(O)C1(C)CCCCC1. The molecular weight excluding hydrogens is 260 g/mol. The highest BCUT2D eigenvalue weighted by Crippen LogP contribution is 2.40. The zero-order valence-corrected chi connectivity index (χ0v) is 13.0. The molecule has 0 radical (unpaired) electrons. The molecule has 1 aliphatic carbocycles. The fourth-order valence-corrected chi connectivity index (χ4v) is 3.40. The molecule has 1 atom stereocenters. The number of rotatable bonds is 4. The molecule has 1 aliphatic rings. The number of aliphatic hydroxyl groups excluding tert-OH is 1. The van der Waals surface area contributed by atoms with Gasteiger partial charge in [0.25, 0.3) is 0 Å². The molecule has 108 valence electrons. The third-order valence-electron chi connectivity index (χ3n) is 4.64. The van der Waals surface area contributed by atoms with Crippen LogP contribution in [-0.4, -0.2) is 21.0 Å². The van der Waals surface area contributed by atoms with E-state index in [4.69, 9.17) is 11.6 Å². The van der Waals surface area contributed by atoms with Gasteiger partial charge in [0.2, 0.25) is 0 Å². The molecular formula is C15H25ClN2O. The lowest BCUT2D eigenvalue weighted by molar-refractivity contribution is 0.00914. The van der Waals surface area contributed by atoms with Gasteiger partial charge in [-0.2, -0.15) is 5.10 Å². The van der Waals surface area contributed by atoms with Crippen LogP contribution in [-0.2, 0) is 13.0 Å². The summed E-state index contributed by atoms with van der Waals surface area (Å²) in [6.07, 6.45) is 6.28. The van der Waals surface area contributed by atoms with Crippen LogP contribution in [0, 0.1) is 12.3 Å². The van der Waals surface area contributed by atoms with Crippen molar-refractivity contribution in [1.29, 1.82) is 0 Å². The van der Waals surface area contributed by atoms with E-state index in [0.717, 1.165) is 35.8 Å². The molecule has 4 heteroatoms. The zero-order valence-electron chi connectivity index (χ0n) is 12.2. The van der Waals surface area contributed by atoms with E-state index in [1.54, 1.807) is 0 Å². The average molecular weight is 285 g/mol. The van der Waals surface area contributed by atoms with Crippen molar-refractivity contribution in [2.45, 2.75) is 71.9 Å². The van der Waals surface area contributed by atoms with Gasteiger partial charge in [0.1, 0.15) is 0 Å². The van der Waals surface area contributed by atoms with Gasteiger partial charge in [-0.25, -0.2) is 0 Å². The maximum absolute atomic E-state index is 10.6. The fourth-order valence-electron chi connectivity index (χ4n) is 3.19. The minimum absolute atomic E-state index is 0.0400. The van der Waals surface area contributed by atoms with Crippen molar-refractivity contribution in [3.05, 3.63) is 16.4 Å². The molecule has 0 aliphatic heterocycles. The van der Waals surface area contributed by atoms with Gasteiger partial charge in [0, 0.05) is 13.0 Å². The van der Waals surface area contributed by atoms with Crippen molar-refractivity contribution in [2.24, 2.45) is 5.41 Å². The minimum Gasteiger partial charge on any atom is -0.392 e. The van der Waals surface area contributed by atoms with Crippen molar-refractivity contribution in [1.82, 2.24) is 9.78 Å². The second-order valence-electron chi connectivity index (χ2n) is 6.10. The highest BCUT2D eigenvalue weighted by molar-refractivity contribution is 6.31. The molecule has 1 saturated carbocycles. The third-order valence-corrected chi connectivity index (χ3v) is 5.13. The fraction of sp³-hybridized carbons (Fsp3) is 0.800. The minimum atomic E-state index is -0.327. The number of nitrogens with zero attached hydrogens (tertiary/aromatic N) is 2. The monoisotopic (exact) mass is 284 g/mol. The highest BCUT2D eigenvalue weighted by atomic mass is 35.5. The number of halogens is 1. The molecule has 0 bridgehead atoms. The van der Waals surface area contributed by atoms with Crippen LogP contribution in [0.2, 0.25) is 5.02 Å². The van der Waals surface area contributed by atoms with E-state index in [9.17, 15) is 5.11 Å². The van der Waals surface area contributed by atoms with Gasteiger partial charge in [0.15, 0.2) is 0 Å². The topological polar surface area (TPSA) is 38.0 Å². The van der Waals surface area contributed by atoms with E-state index in [0.29, 0.717) is 6.42 Å². The van der Waals surface area contributed by atoms with Gasteiger partial charge < -0.3 is 5.11 Å². The van der Waals surface area contributed by atoms with E-state index in [-0.39, 0.29) is 11.5 Å². The van der Waals surface area contributed by atoms with Crippen molar-refractivity contribution in [3.63, 3.8) is 0 Å². The number of aryl methyl sites for hydroxylation is 2. The Hall–Kier alpha value is -0.540. The van der Waals surface area contributed by atoms with Gasteiger partial charge >= 0.3 is 0 Å². The quantitative estimate of drug-likeness (QED) is 0.915. The van der Waals surface area contributed by atoms with Crippen molar-refractivity contribution in [3.8, 4) is 0 Å². The van der Waals surface area contributed by atoms with Crippen LogP contribution in [0.3, 0.4) is 0 Å². The van der Waals surface area contributed by atoms with E-state index < -0.39 is 0 Å². The van der Waals surface area contributed by atoms with E-state index in [2.05, 4.69) is 18.9 Å². The first kappa shape index (κ1) is 14.9. The third kappa shape index (κ3) is 2.97. The molecule has 1 fully saturated rings. The van der Waals surface area contributed by atoms with Crippen LogP contribution in [0.25, 0.3) is 0 Å². The van der Waals surface area contributed by atoms with Crippen LogP contribution in [0.15, 0.2) is 0 Å². The number of hydrogen-bond donors (Lipinski definition) is 1. The zero-order chi connectivity index (χ0) is 14.0. The van der Waals surface area contributed by atoms with Gasteiger partial charge in [-0.05, 0) is 32.1 Å². The molecule has 1 aromatic rings. The molecule has 3 nitrogen and oxygen atoms in total. The molecule has 19 heavy (non-hydrogen) atoms. The Morgan fingerprint density at radius 1 is 1.37 bits per heavy atom. The second kappa shape index (κ2) is 5.84. The average Bonchev–Trinajstić information content (AvgIpc) is 2.67. The first-order chi connectivity index (χ1) is 8.98. The summed E-state index contributed by atoms with van der Waals surface area (Å²) in [7, 11) is 0. The number of hydrogen-bond acceptors (Lipinski definition) is 2. The number of aromatic nitrogens is 2. The maximum Gasteiger partial charge on any atom is 0.0848 e. The summed E-state index contributed by atoms with van der Waals surface area (Å²) in [5, 5.41) is 15.8. The lowest BCUT2D eigenvalue weighted by Crippen LogP contribution is -2.36. The summed E-state index contributed by atoms with van der Waals surface area (Å²) in [4.78, 5) is 0. The Balaban J connectivity index is 2.16. The lowest BCUT2D eigenvalue weighted by Gasteiger charge is -2.38. The van der Waals surface area contributed by atoms with Gasteiger partial charge in [-0.1, -0.05) is 37.8 Å². The maximum atomic E-state index is 10.6. The highest BCUT2D eigenvalue weighted by Gasteiger charge is 2.35. The molecule has 0 amide bonds. The predicted octanol–water partition coefficient (Wildman–Crippen LogP) is 3.74. The van der Waals surface area contributed by atoms with Crippen molar-refractivity contribution < 1.29 is 5.11 Å². The van der Waals surface area contributed by atoms with Crippen molar-refractivity contribution in [2.75, 3.05) is 0 Å². The largest absolute Gasteiger partial charge is 0.392 e. The second-order valence-corrected chi connectivity index (χ2v) is 6.47. The summed E-state index contributed by atoms with van der Waals surface area (Å²) in [6.45, 7) is 6.99. The Labute approximate surface area is 121 Å².